The summed E-state index contributed by atoms with van der Waals surface area (Å²) >= 11 is 0. The van der Waals surface area contributed by atoms with Crippen LogP contribution in [-0.2, 0) is 0 Å². The van der Waals surface area contributed by atoms with Crippen LogP contribution in [0.1, 0.15) is 22.3 Å². The van der Waals surface area contributed by atoms with Crippen molar-refractivity contribution in [3.05, 3.63) is 35.4 Å². The first-order chi connectivity index (χ1) is 9.20. The number of amides is 1. The lowest BCUT2D eigenvalue weighted by Crippen LogP contribution is -2.48. The maximum atomic E-state index is 12.3. The predicted octanol–water partition coefficient (Wildman–Crippen LogP) is 1.67. The molecule has 0 atom stereocenters. The molecule has 0 radical (unpaired) electrons. The van der Waals surface area contributed by atoms with E-state index in [-0.39, 0.29) is 5.91 Å². The molecule has 4 nitrogen and oxygen atoms in total. The summed E-state index contributed by atoms with van der Waals surface area (Å²) in [6.07, 6.45) is 0.561. The second kappa shape index (κ2) is 6.35. The van der Waals surface area contributed by atoms with Crippen LogP contribution in [0.4, 0.5) is 0 Å². The van der Waals surface area contributed by atoms with Crippen LogP contribution < -0.4 is 0 Å². The molecule has 0 aliphatic carbocycles. The van der Waals surface area contributed by atoms with Gasteiger partial charge in [-0.2, -0.15) is 5.26 Å². The standard InChI is InChI=1S/C15H19N3O/c1-13-4-2-5-14(12-13)15(19)18-10-8-17(9-11-18)7-3-6-16/h2,4-5,12H,3,7-11H2,1H3. The topological polar surface area (TPSA) is 47.3 Å². The summed E-state index contributed by atoms with van der Waals surface area (Å²) < 4.78 is 0. The molecule has 1 aromatic rings. The first kappa shape index (κ1) is 13.6. The van der Waals surface area contributed by atoms with E-state index in [1.165, 1.54) is 0 Å². The van der Waals surface area contributed by atoms with Crippen molar-refractivity contribution in [3.63, 3.8) is 0 Å². The molecule has 0 spiro atoms. The van der Waals surface area contributed by atoms with E-state index < -0.39 is 0 Å². The minimum absolute atomic E-state index is 0.114. The van der Waals surface area contributed by atoms with Crippen LogP contribution in [0.25, 0.3) is 0 Å². The Balaban J connectivity index is 1.91. The molecular formula is C15H19N3O. The SMILES string of the molecule is Cc1cccc(C(=O)N2CCN(CCC#N)CC2)c1. The van der Waals surface area contributed by atoms with E-state index in [0.29, 0.717) is 6.42 Å². The first-order valence-electron chi connectivity index (χ1n) is 6.66. The molecule has 0 saturated carbocycles. The molecule has 1 saturated heterocycles. The Morgan fingerprint density at radius 2 is 2.05 bits per heavy atom. The van der Waals surface area contributed by atoms with Gasteiger partial charge >= 0.3 is 0 Å². The fourth-order valence-corrected chi connectivity index (χ4v) is 2.34. The fraction of sp³-hybridized carbons (Fsp3) is 0.467. The number of nitriles is 1. The molecule has 1 aliphatic heterocycles. The quantitative estimate of drug-likeness (QED) is 0.827. The molecule has 2 rings (SSSR count). The molecule has 4 heteroatoms. The minimum Gasteiger partial charge on any atom is -0.336 e. The summed E-state index contributed by atoms with van der Waals surface area (Å²) in [6.45, 7) is 6.02. The summed E-state index contributed by atoms with van der Waals surface area (Å²) in [5.74, 6) is 0.114. The summed E-state index contributed by atoms with van der Waals surface area (Å²) in [5, 5.41) is 8.57. The fourth-order valence-electron chi connectivity index (χ4n) is 2.34. The summed E-state index contributed by atoms with van der Waals surface area (Å²) in [7, 11) is 0. The van der Waals surface area contributed by atoms with Crippen molar-refractivity contribution in [2.75, 3.05) is 32.7 Å². The third kappa shape index (κ3) is 3.55. The van der Waals surface area contributed by atoms with Gasteiger partial charge in [0.2, 0.25) is 0 Å². The number of piperazine rings is 1. The van der Waals surface area contributed by atoms with Gasteiger partial charge in [0.1, 0.15) is 0 Å². The Hall–Kier alpha value is -1.86. The molecule has 0 aromatic heterocycles. The zero-order valence-corrected chi connectivity index (χ0v) is 11.3. The molecule has 0 unspecified atom stereocenters. The summed E-state index contributed by atoms with van der Waals surface area (Å²) in [4.78, 5) is 16.5. The molecular weight excluding hydrogens is 238 g/mol. The van der Waals surface area contributed by atoms with E-state index in [9.17, 15) is 4.79 Å². The molecule has 0 bridgehead atoms. The van der Waals surface area contributed by atoms with Crippen molar-refractivity contribution >= 4 is 5.91 Å². The Labute approximate surface area is 114 Å². The number of benzene rings is 1. The number of aryl methyl sites for hydroxylation is 1. The van der Waals surface area contributed by atoms with Gasteiger partial charge in [0.05, 0.1) is 6.07 Å². The second-order valence-electron chi connectivity index (χ2n) is 4.91. The third-order valence-corrected chi connectivity index (χ3v) is 3.46. The molecule has 1 heterocycles. The van der Waals surface area contributed by atoms with E-state index >= 15 is 0 Å². The highest BCUT2D eigenvalue weighted by atomic mass is 16.2. The largest absolute Gasteiger partial charge is 0.336 e. The van der Waals surface area contributed by atoms with Crippen LogP contribution in [0.2, 0.25) is 0 Å². The normalized spacial score (nSPS) is 16.1. The van der Waals surface area contributed by atoms with Crippen molar-refractivity contribution < 1.29 is 4.79 Å². The predicted molar refractivity (Wildman–Crippen MR) is 73.8 cm³/mol. The van der Waals surface area contributed by atoms with Crippen LogP contribution in [0, 0.1) is 18.3 Å². The second-order valence-corrected chi connectivity index (χ2v) is 4.91. The van der Waals surface area contributed by atoms with E-state index in [0.717, 1.165) is 43.9 Å². The van der Waals surface area contributed by atoms with Crippen LogP contribution in [-0.4, -0.2) is 48.4 Å². The number of hydrogen-bond donors (Lipinski definition) is 0. The molecule has 19 heavy (non-hydrogen) atoms. The number of nitrogens with zero attached hydrogens (tertiary/aromatic N) is 3. The van der Waals surface area contributed by atoms with Gasteiger partial charge in [0.25, 0.3) is 5.91 Å². The van der Waals surface area contributed by atoms with E-state index in [4.69, 9.17) is 5.26 Å². The Bertz CT molecular complexity index is 484. The lowest BCUT2D eigenvalue weighted by Gasteiger charge is -2.34. The summed E-state index contributed by atoms with van der Waals surface area (Å²) in [5.41, 5.74) is 1.88. The third-order valence-electron chi connectivity index (χ3n) is 3.46. The van der Waals surface area contributed by atoms with Crippen molar-refractivity contribution in [2.24, 2.45) is 0 Å². The highest BCUT2D eigenvalue weighted by Gasteiger charge is 2.21. The molecule has 100 valence electrons. The zero-order chi connectivity index (χ0) is 13.7. The van der Waals surface area contributed by atoms with Crippen molar-refractivity contribution in [1.29, 1.82) is 5.26 Å². The van der Waals surface area contributed by atoms with Crippen LogP contribution >= 0.6 is 0 Å². The van der Waals surface area contributed by atoms with Gasteiger partial charge < -0.3 is 4.90 Å². The van der Waals surface area contributed by atoms with Crippen LogP contribution in [0.15, 0.2) is 24.3 Å². The van der Waals surface area contributed by atoms with Crippen molar-refractivity contribution in [2.45, 2.75) is 13.3 Å². The summed E-state index contributed by atoms with van der Waals surface area (Å²) in [6, 6.07) is 9.89. The lowest BCUT2D eigenvalue weighted by atomic mass is 10.1. The lowest BCUT2D eigenvalue weighted by molar-refractivity contribution is 0.0639. The van der Waals surface area contributed by atoms with Gasteiger partial charge in [-0.25, -0.2) is 0 Å². The molecule has 0 N–H and O–H groups in total. The molecule has 1 aromatic carbocycles. The Morgan fingerprint density at radius 1 is 1.32 bits per heavy atom. The molecule has 1 amide bonds. The van der Waals surface area contributed by atoms with Crippen LogP contribution in [0.3, 0.4) is 0 Å². The van der Waals surface area contributed by atoms with Gasteiger partial charge in [-0.1, -0.05) is 17.7 Å². The van der Waals surface area contributed by atoms with Gasteiger partial charge in [0, 0.05) is 44.7 Å². The van der Waals surface area contributed by atoms with Crippen molar-refractivity contribution in [1.82, 2.24) is 9.80 Å². The van der Waals surface area contributed by atoms with Crippen LogP contribution in [0.5, 0.6) is 0 Å². The van der Waals surface area contributed by atoms with E-state index in [1.54, 1.807) is 0 Å². The Kier molecular flexibility index (Phi) is 4.53. The molecule has 1 fully saturated rings. The minimum atomic E-state index is 0.114. The van der Waals surface area contributed by atoms with Gasteiger partial charge in [-0.3, -0.25) is 9.69 Å². The average molecular weight is 257 g/mol. The number of carbonyl (C=O) groups excluding carboxylic acids is 1. The van der Waals surface area contributed by atoms with Gasteiger partial charge in [-0.05, 0) is 19.1 Å². The highest BCUT2D eigenvalue weighted by molar-refractivity contribution is 5.94. The number of hydrogen-bond acceptors (Lipinski definition) is 3. The van der Waals surface area contributed by atoms with Gasteiger partial charge in [-0.15, -0.1) is 0 Å². The molecule has 1 aliphatic rings. The number of carbonyl (C=O) groups is 1. The maximum absolute atomic E-state index is 12.3. The van der Waals surface area contributed by atoms with Gasteiger partial charge in [0.15, 0.2) is 0 Å². The Morgan fingerprint density at radius 3 is 2.68 bits per heavy atom. The monoisotopic (exact) mass is 257 g/mol. The van der Waals surface area contributed by atoms with E-state index in [1.807, 2.05) is 36.1 Å². The zero-order valence-electron chi connectivity index (χ0n) is 11.3. The maximum Gasteiger partial charge on any atom is 0.253 e. The van der Waals surface area contributed by atoms with E-state index in [2.05, 4.69) is 11.0 Å². The average Bonchev–Trinajstić information content (AvgIpc) is 2.45. The smallest absolute Gasteiger partial charge is 0.253 e. The van der Waals surface area contributed by atoms with Crippen molar-refractivity contribution in [3.8, 4) is 6.07 Å². The highest BCUT2D eigenvalue weighted by Crippen LogP contribution is 2.10. The number of rotatable bonds is 3. The first-order valence-corrected chi connectivity index (χ1v) is 6.66.